The molecule has 7 heteroatoms. The first-order valence-corrected chi connectivity index (χ1v) is 8.58. The topological polar surface area (TPSA) is 57.6 Å². The normalized spacial score (nSPS) is 12.3. The summed E-state index contributed by atoms with van der Waals surface area (Å²) in [5.74, 6) is 0. The molecule has 1 aromatic rings. The fraction of sp³-hybridized carbons (Fsp3) is 0.538. The molecule has 0 aliphatic rings. The summed E-state index contributed by atoms with van der Waals surface area (Å²) in [5, 5.41) is 9.34. The van der Waals surface area contributed by atoms with Gasteiger partial charge in [0.25, 0.3) is 0 Å². The zero-order valence-electron chi connectivity index (χ0n) is 11.5. The molecule has 0 bridgehead atoms. The van der Waals surface area contributed by atoms with E-state index in [0.717, 1.165) is 0 Å². The first-order chi connectivity index (χ1) is 9.30. The summed E-state index contributed by atoms with van der Waals surface area (Å²) < 4.78 is 26.6. The fourth-order valence-electron chi connectivity index (χ4n) is 1.81. The van der Waals surface area contributed by atoms with Crippen molar-refractivity contribution in [2.24, 2.45) is 0 Å². The third-order valence-corrected chi connectivity index (χ3v) is 5.67. The van der Waals surface area contributed by atoms with Crippen molar-refractivity contribution in [1.29, 1.82) is 0 Å². The Morgan fingerprint density at radius 2 is 1.85 bits per heavy atom. The standard InChI is InChI=1S/C13H19Cl2NO3S/c1-10(2)16(7-3-4-8-17)20(18,19)11-5-6-12(14)13(15)9-11/h5-6,9-10,17H,3-4,7-8H2,1-2H3. The maximum absolute atomic E-state index is 12.6. The monoisotopic (exact) mass is 339 g/mol. The van der Waals surface area contributed by atoms with Crippen molar-refractivity contribution in [3.05, 3.63) is 28.2 Å². The fourth-order valence-corrected chi connectivity index (χ4v) is 3.87. The molecule has 4 nitrogen and oxygen atoms in total. The average molecular weight is 340 g/mol. The molecule has 0 saturated heterocycles. The van der Waals surface area contributed by atoms with Crippen LogP contribution in [0.3, 0.4) is 0 Å². The molecule has 0 radical (unpaired) electrons. The summed E-state index contributed by atoms with van der Waals surface area (Å²) in [7, 11) is -3.61. The first-order valence-electron chi connectivity index (χ1n) is 6.38. The second-order valence-electron chi connectivity index (χ2n) is 4.72. The molecule has 0 spiro atoms. The number of rotatable bonds is 7. The first kappa shape index (κ1) is 17.7. The molecule has 1 aromatic carbocycles. The van der Waals surface area contributed by atoms with Crippen LogP contribution in [0.2, 0.25) is 10.0 Å². The van der Waals surface area contributed by atoms with E-state index in [9.17, 15) is 8.42 Å². The van der Waals surface area contributed by atoms with Gasteiger partial charge in [-0.2, -0.15) is 4.31 Å². The Balaban J connectivity index is 3.06. The lowest BCUT2D eigenvalue weighted by atomic mass is 10.3. The van der Waals surface area contributed by atoms with Gasteiger partial charge in [0.15, 0.2) is 0 Å². The molecule has 0 atom stereocenters. The van der Waals surface area contributed by atoms with Gasteiger partial charge in [-0.1, -0.05) is 23.2 Å². The molecule has 1 rings (SSSR count). The Morgan fingerprint density at radius 1 is 1.20 bits per heavy atom. The van der Waals surface area contributed by atoms with Crippen LogP contribution >= 0.6 is 23.2 Å². The molecule has 0 aliphatic carbocycles. The maximum Gasteiger partial charge on any atom is 0.243 e. The molecular weight excluding hydrogens is 321 g/mol. The summed E-state index contributed by atoms with van der Waals surface area (Å²) in [4.78, 5) is 0.129. The van der Waals surface area contributed by atoms with Crippen LogP contribution in [0, 0.1) is 0 Å². The lowest BCUT2D eigenvalue weighted by Gasteiger charge is -2.26. The van der Waals surface area contributed by atoms with Crippen molar-refractivity contribution in [2.45, 2.75) is 37.6 Å². The minimum atomic E-state index is -3.61. The minimum Gasteiger partial charge on any atom is -0.396 e. The van der Waals surface area contributed by atoms with Gasteiger partial charge in [0.05, 0.1) is 14.9 Å². The highest BCUT2D eigenvalue weighted by atomic mass is 35.5. The molecule has 20 heavy (non-hydrogen) atoms. The van der Waals surface area contributed by atoms with Crippen molar-refractivity contribution in [1.82, 2.24) is 4.31 Å². The van der Waals surface area contributed by atoms with Gasteiger partial charge in [0, 0.05) is 19.2 Å². The molecule has 0 aliphatic heterocycles. The Kier molecular flexibility index (Phi) is 6.75. The summed E-state index contributed by atoms with van der Waals surface area (Å²) >= 11 is 11.7. The van der Waals surface area contributed by atoms with Gasteiger partial charge in [-0.3, -0.25) is 0 Å². The molecule has 1 N–H and O–H groups in total. The quantitative estimate of drug-likeness (QED) is 0.776. The van der Waals surface area contributed by atoms with Crippen LogP contribution < -0.4 is 0 Å². The van der Waals surface area contributed by atoms with E-state index >= 15 is 0 Å². The zero-order valence-corrected chi connectivity index (χ0v) is 13.8. The maximum atomic E-state index is 12.6. The third-order valence-electron chi connectivity index (χ3n) is 2.86. The number of hydrogen-bond acceptors (Lipinski definition) is 3. The molecule has 0 fully saturated rings. The van der Waals surface area contributed by atoms with Crippen molar-refractivity contribution < 1.29 is 13.5 Å². The number of aliphatic hydroxyl groups excluding tert-OH is 1. The second-order valence-corrected chi connectivity index (χ2v) is 7.42. The van der Waals surface area contributed by atoms with Gasteiger partial charge in [-0.05, 0) is 44.9 Å². The van der Waals surface area contributed by atoms with Crippen LogP contribution in [0.5, 0.6) is 0 Å². The highest BCUT2D eigenvalue weighted by molar-refractivity contribution is 7.89. The average Bonchev–Trinajstić information content (AvgIpc) is 2.37. The number of sulfonamides is 1. The van der Waals surface area contributed by atoms with Crippen molar-refractivity contribution >= 4 is 33.2 Å². The van der Waals surface area contributed by atoms with Crippen LogP contribution in [-0.2, 0) is 10.0 Å². The largest absolute Gasteiger partial charge is 0.396 e. The second kappa shape index (κ2) is 7.61. The van der Waals surface area contributed by atoms with E-state index in [0.29, 0.717) is 24.4 Å². The Bertz CT molecular complexity index is 547. The van der Waals surface area contributed by atoms with E-state index in [-0.39, 0.29) is 22.6 Å². The van der Waals surface area contributed by atoms with Gasteiger partial charge in [-0.25, -0.2) is 8.42 Å². The summed E-state index contributed by atoms with van der Waals surface area (Å²) in [6.45, 7) is 4.04. The number of benzene rings is 1. The van der Waals surface area contributed by atoms with E-state index in [1.807, 2.05) is 13.8 Å². The van der Waals surface area contributed by atoms with E-state index in [4.69, 9.17) is 28.3 Å². The van der Waals surface area contributed by atoms with Gasteiger partial charge in [0.2, 0.25) is 10.0 Å². The van der Waals surface area contributed by atoms with Gasteiger partial charge >= 0.3 is 0 Å². The molecule has 0 saturated carbocycles. The Morgan fingerprint density at radius 3 is 2.35 bits per heavy atom. The van der Waals surface area contributed by atoms with Crippen LogP contribution in [0.25, 0.3) is 0 Å². The predicted octanol–water partition coefficient (Wildman–Crippen LogP) is 3.17. The van der Waals surface area contributed by atoms with Crippen LogP contribution in [0.4, 0.5) is 0 Å². The SMILES string of the molecule is CC(C)N(CCCCO)S(=O)(=O)c1ccc(Cl)c(Cl)c1. The Labute approximate surface area is 130 Å². The number of halogens is 2. The Hall–Kier alpha value is -0.330. The van der Waals surface area contributed by atoms with Crippen LogP contribution in [0.15, 0.2) is 23.1 Å². The molecule has 0 unspecified atom stereocenters. The summed E-state index contributed by atoms with van der Waals surface area (Å²) in [6, 6.07) is 4.11. The van der Waals surface area contributed by atoms with E-state index < -0.39 is 10.0 Å². The third kappa shape index (κ3) is 4.33. The van der Waals surface area contributed by atoms with Crippen LogP contribution in [-0.4, -0.2) is 37.0 Å². The lowest BCUT2D eigenvalue weighted by Crippen LogP contribution is -2.37. The van der Waals surface area contributed by atoms with Crippen molar-refractivity contribution in [2.75, 3.05) is 13.2 Å². The number of unbranched alkanes of at least 4 members (excludes halogenated alkanes) is 1. The summed E-state index contributed by atoms with van der Waals surface area (Å²) in [5.41, 5.74) is 0. The lowest BCUT2D eigenvalue weighted by molar-refractivity contribution is 0.270. The van der Waals surface area contributed by atoms with E-state index in [2.05, 4.69) is 0 Å². The van der Waals surface area contributed by atoms with Gasteiger partial charge < -0.3 is 5.11 Å². The van der Waals surface area contributed by atoms with E-state index in [1.54, 1.807) is 0 Å². The number of aliphatic hydroxyl groups is 1. The minimum absolute atomic E-state index is 0.0543. The van der Waals surface area contributed by atoms with Crippen molar-refractivity contribution in [3.8, 4) is 0 Å². The molecule has 114 valence electrons. The van der Waals surface area contributed by atoms with Gasteiger partial charge in [0.1, 0.15) is 0 Å². The number of nitrogens with zero attached hydrogens (tertiary/aromatic N) is 1. The molecule has 0 heterocycles. The van der Waals surface area contributed by atoms with E-state index in [1.165, 1.54) is 22.5 Å². The zero-order chi connectivity index (χ0) is 15.3. The molecule has 0 aromatic heterocycles. The summed E-state index contributed by atoms with van der Waals surface area (Å²) in [6.07, 6.45) is 1.18. The smallest absolute Gasteiger partial charge is 0.243 e. The highest BCUT2D eigenvalue weighted by Crippen LogP contribution is 2.27. The molecule has 0 amide bonds. The highest BCUT2D eigenvalue weighted by Gasteiger charge is 2.26. The number of hydrogen-bond donors (Lipinski definition) is 1. The predicted molar refractivity (Wildman–Crippen MR) is 81.8 cm³/mol. The molecular formula is C13H19Cl2NO3S. The van der Waals surface area contributed by atoms with Crippen molar-refractivity contribution in [3.63, 3.8) is 0 Å². The van der Waals surface area contributed by atoms with Crippen LogP contribution in [0.1, 0.15) is 26.7 Å². The van der Waals surface area contributed by atoms with Gasteiger partial charge in [-0.15, -0.1) is 0 Å².